The monoisotopic (exact) mass is 312 g/mol. The van der Waals surface area contributed by atoms with Crippen LogP contribution >= 0.6 is 11.6 Å². The molecule has 0 radical (unpaired) electrons. The first-order valence-corrected chi connectivity index (χ1v) is 8.11. The third-order valence-electron chi connectivity index (χ3n) is 4.51. The number of ether oxygens (including phenoxy) is 1. The van der Waals surface area contributed by atoms with Crippen molar-refractivity contribution in [1.29, 1.82) is 0 Å². The first kappa shape index (κ1) is 15.2. The molecule has 0 saturated carbocycles. The van der Waals surface area contributed by atoms with Gasteiger partial charge in [0, 0.05) is 17.6 Å². The van der Waals surface area contributed by atoms with E-state index in [1.54, 1.807) is 6.07 Å². The highest BCUT2D eigenvalue weighted by molar-refractivity contribution is 6.31. The summed E-state index contributed by atoms with van der Waals surface area (Å²) in [6.45, 7) is 5.62. The number of nitrogens with zero attached hydrogens (tertiary/aromatic N) is 1. The molecule has 1 aromatic rings. The largest absolute Gasteiger partial charge is 0.373 e. The fraction of sp³-hybridized carbons (Fsp3) is 0.625. The SMILES string of the molecule is CCNC(c1cc(F)ccc1Cl)C1CN2CCCC2CO1. The van der Waals surface area contributed by atoms with Crippen LogP contribution in [0.4, 0.5) is 4.39 Å². The van der Waals surface area contributed by atoms with Crippen LogP contribution in [0.2, 0.25) is 5.02 Å². The van der Waals surface area contributed by atoms with Gasteiger partial charge in [-0.3, -0.25) is 4.90 Å². The minimum Gasteiger partial charge on any atom is -0.373 e. The van der Waals surface area contributed by atoms with Gasteiger partial charge in [0.25, 0.3) is 0 Å². The van der Waals surface area contributed by atoms with Gasteiger partial charge in [-0.15, -0.1) is 0 Å². The van der Waals surface area contributed by atoms with Crippen LogP contribution < -0.4 is 5.32 Å². The van der Waals surface area contributed by atoms with E-state index in [0.29, 0.717) is 11.1 Å². The number of fused-ring (bicyclic) bond motifs is 1. The third-order valence-corrected chi connectivity index (χ3v) is 4.85. The van der Waals surface area contributed by atoms with Crippen molar-refractivity contribution in [2.75, 3.05) is 26.2 Å². The lowest BCUT2D eigenvalue weighted by molar-refractivity contribution is -0.0650. The zero-order chi connectivity index (χ0) is 14.8. The Balaban J connectivity index is 1.82. The molecule has 0 spiro atoms. The third kappa shape index (κ3) is 3.24. The fourth-order valence-electron chi connectivity index (χ4n) is 3.46. The van der Waals surface area contributed by atoms with Crippen molar-refractivity contribution < 1.29 is 9.13 Å². The molecule has 2 heterocycles. The molecule has 21 heavy (non-hydrogen) atoms. The fourth-order valence-corrected chi connectivity index (χ4v) is 3.69. The van der Waals surface area contributed by atoms with E-state index in [1.807, 2.05) is 6.92 Å². The molecule has 116 valence electrons. The Bertz CT molecular complexity index is 499. The molecule has 2 aliphatic rings. The van der Waals surface area contributed by atoms with Gasteiger partial charge in [-0.2, -0.15) is 0 Å². The van der Waals surface area contributed by atoms with E-state index in [1.165, 1.54) is 25.0 Å². The predicted molar refractivity (Wildman–Crippen MR) is 82.2 cm³/mol. The summed E-state index contributed by atoms with van der Waals surface area (Å²) in [5.41, 5.74) is 0.793. The maximum atomic E-state index is 13.6. The molecule has 0 aromatic heterocycles. The normalized spacial score (nSPS) is 27.6. The Hall–Kier alpha value is -0.680. The quantitative estimate of drug-likeness (QED) is 0.925. The number of rotatable bonds is 4. The van der Waals surface area contributed by atoms with Crippen molar-refractivity contribution >= 4 is 11.6 Å². The second kappa shape index (κ2) is 6.61. The Labute approximate surface area is 130 Å². The van der Waals surface area contributed by atoms with Crippen LogP contribution in [0.3, 0.4) is 0 Å². The number of hydrogen-bond donors (Lipinski definition) is 1. The van der Waals surface area contributed by atoms with Gasteiger partial charge < -0.3 is 10.1 Å². The smallest absolute Gasteiger partial charge is 0.123 e. The average Bonchev–Trinajstić information content (AvgIpc) is 2.95. The van der Waals surface area contributed by atoms with Gasteiger partial charge in [0.1, 0.15) is 5.82 Å². The number of morpholine rings is 1. The number of likely N-dealkylation sites (N-methyl/N-ethyl adjacent to an activating group) is 1. The summed E-state index contributed by atoms with van der Waals surface area (Å²) >= 11 is 6.28. The van der Waals surface area contributed by atoms with E-state index >= 15 is 0 Å². The van der Waals surface area contributed by atoms with Gasteiger partial charge >= 0.3 is 0 Å². The molecule has 3 rings (SSSR count). The van der Waals surface area contributed by atoms with Crippen LogP contribution in [-0.2, 0) is 4.74 Å². The van der Waals surface area contributed by atoms with Crippen LogP contribution in [-0.4, -0.2) is 43.3 Å². The van der Waals surface area contributed by atoms with Gasteiger partial charge in [-0.25, -0.2) is 4.39 Å². The van der Waals surface area contributed by atoms with Crippen molar-refractivity contribution in [3.63, 3.8) is 0 Å². The molecule has 2 aliphatic heterocycles. The topological polar surface area (TPSA) is 24.5 Å². The molecular weight excluding hydrogens is 291 g/mol. The molecule has 2 fully saturated rings. The van der Waals surface area contributed by atoms with E-state index in [2.05, 4.69) is 10.2 Å². The summed E-state index contributed by atoms with van der Waals surface area (Å²) in [4.78, 5) is 2.49. The lowest BCUT2D eigenvalue weighted by Gasteiger charge is -2.39. The molecule has 5 heteroatoms. The molecular formula is C16H22ClFN2O. The van der Waals surface area contributed by atoms with E-state index in [0.717, 1.165) is 31.8 Å². The molecule has 2 saturated heterocycles. The molecule has 0 bridgehead atoms. The summed E-state index contributed by atoms with van der Waals surface area (Å²) in [6.07, 6.45) is 2.48. The number of nitrogens with one attached hydrogen (secondary N) is 1. The average molecular weight is 313 g/mol. The van der Waals surface area contributed by atoms with E-state index in [-0.39, 0.29) is 18.0 Å². The van der Waals surface area contributed by atoms with Gasteiger partial charge in [0.05, 0.1) is 18.8 Å². The Morgan fingerprint density at radius 1 is 1.52 bits per heavy atom. The predicted octanol–water partition coefficient (Wildman–Crippen LogP) is 2.99. The second-order valence-electron chi connectivity index (χ2n) is 5.86. The molecule has 0 aliphatic carbocycles. The van der Waals surface area contributed by atoms with Crippen LogP contribution in [0.15, 0.2) is 18.2 Å². The first-order valence-electron chi connectivity index (χ1n) is 7.73. The first-order chi connectivity index (χ1) is 10.2. The minimum absolute atomic E-state index is 0.0126. The van der Waals surface area contributed by atoms with Crippen molar-refractivity contribution in [2.24, 2.45) is 0 Å². The highest BCUT2D eigenvalue weighted by Crippen LogP contribution is 2.32. The molecule has 3 nitrogen and oxygen atoms in total. The highest BCUT2D eigenvalue weighted by atomic mass is 35.5. The second-order valence-corrected chi connectivity index (χ2v) is 6.27. The molecule has 1 N–H and O–H groups in total. The van der Waals surface area contributed by atoms with Gasteiger partial charge in [-0.1, -0.05) is 18.5 Å². The standard InChI is InChI=1S/C16H22ClFN2O/c1-2-19-16(13-8-11(18)5-6-14(13)17)15-9-20-7-3-4-12(20)10-21-15/h5-6,8,12,15-16,19H,2-4,7,9-10H2,1H3. The van der Waals surface area contributed by atoms with Gasteiger partial charge in [0.2, 0.25) is 0 Å². The molecule has 3 atom stereocenters. The van der Waals surface area contributed by atoms with Gasteiger partial charge in [0.15, 0.2) is 0 Å². The van der Waals surface area contributed by atoms with E-state index in [9.17, 15) is 4.39 Å². The zero-order valence-corrected chi connectivity index (χ0v) is 13.1. The lowest BCUT2D eigenvalue weighted by Crippen LogP contribution is -2.50. The summed E-state index contributed by atoms with van der Waals surface area (Å²) < 4.78 is 19.7. The Morgan fingerprint density at radius 2 is 2.38 bits per heavy atom. The summed E-state index contributed by atoms with van der Waals surface area (Å²) in [5, 5.41) is 4.01. The van der Waals surface area contributed by atoms with Crippen molar-refractivity contribution in [2.45, 2.75) is 38.0 Å². The lowest BCUT2D eigenvalue weighted by atomic mass is 9.99. The van der Waals surface area contributed by atoms with Crippen LogP contribution in [0.5, 0.6) is 0 Å². The number of benzene rings is 1. The molecule has 3 unspecified atom stereocenters. The van der Waals surface area contributed by atoms with Gasteiger partial charge in [-0.05, 0) is 49.7 Å². The zero-order valence-electron chi connectivity index (χ0n) is 12.3. The van der Waals surface area contributed by atoms with Crippen LogP contribution in [0.25, 0.3) is 0 Å². The van der Waals surface area contributed by atoms with Crippen molar-refractivity contribution in [1.82, 2.24) is 10.2 Å². The van der Waals surface area contributed by atoms with Crippen molar-refractivity contribution in [3.8, 4) is 0 Å². The van der Waals surface area contributed by atoms with Crippen LogP contribution in [0.1, 0.15) is 31.4 Å². The number of hydrogen-bond acceptors (Lipinski definition) is 3. The molecule has 1 aromatic carbocycles. The van der Waals surface area contributed by atoms with Crippen molar-refractivity contribution in [3.05, 3.63) is 34.6 Å². The Morgan fingerprint density at radius 3 is 3.19 bits per heavy atom. The van der Waals surface area contributed by atoms with E-state index < -0.39 is 0 Å². The van der Waals surface area contributed by atoms with E-state index in [4.69, 9.17) is 16.3 Å². The highest BCUT2D eigenvalue weighted by Gasteiger charge is 2.36. The maximum absolute atomic E-state index is 13.6. The maximum Gasteiger partial charge on any atom is 0.123 e. The minimum atomic E-state index is -0.257. The summed E-state index contributed by atoms with van der Waals surface area (Å²) in [6, 6.07) is 5.03. The molecule has 0 amide bonds. The van der Waals surface area contributed by atoms with Crippen LogP contribution in [0, 0.1) is 5.82 Å². The Kier molecular flexibility index (Phi) is 4.79. The summed E-state index contributed by atoms with van der Waals surface area (Å²) in [7, 11) is 0. The summed E-state index contributed by atoms with van der Waals surface area (Å²) in [5.74, 6) is -0.257. The number of halogens is 2.